The fourth-order valence-corrected chi connectivity index (χ4v) is 12.9. The molecule has 0 atom stereocenters. The van der Waals surface area contributed by atoms with Gasteiger partial charge in [-0.05, 0) is 74.7 Å². The van der Waals surface area contributed by atoms with Gasteiger partial charge in [-0.25, -0.2) is 0 Å². The molecule has 0 saturated heterocycles. The summed E-state index contributed by atoms with van der Waals surface area (Å²) in [5.74, 6) is 0. The van der Waals surface area contributed by atoms with E-state index in [2.05, 4.69) is 17.1 Å². The zero-order chi connectivity index (χ0) is 18.4. The van der Waals surface area contributed by atoms with Gasteiger partial charge in [0.25, 0.3) is 0 Å². The second kappa shape index (κ2) is 9.73. The van der Waals surface area contributed by atoms with Gasteiger partial charge in [0.2, 0.25) is 0 Å². The molecule has 3 saturated carbocycles. The van der Waals surface area contributed by atoms with Crippen LogP contribution in [0.5, 0.6) is 0 Å². The third-order valence-electron chi connectivity index (χ3n) is 7.68. The first kappa shape index (κ1) is 19.7. The van der Waals surface area contributed by atoms with Crippen LogP contribution in [0, 0.1) is 0 Å². The second-order valence-electron chi connectivity index (χ2n) is 9.29. The summed E-state index contributed by atoms with van der Waals surface area (Å²) in [5.41, 5.74) is 4.03. The first-order chi connectivity index (χ1) is 13.4. The molecule has 0 N–H and O–H groups in total. The summed E-state index contributed by atoms with van der Waals surface area (Å²) in [4.78, 5) is 4.64. The molecule has 0 unspecified atom stereocenters. The number of aromatic nitrogens is 1. The van der Waals surface area contributed by atoms with Gasteiger partial charge in [0.05, 0.1) is 12.2 Å². The molecule has 1 heterocycles. The Labute approximate surface area is 167 Å². The molecule has 0 amide bonds. The Hall–Kier alpha value is -0.620. The lowest BCUT2D eigenvalue weighted by molar-refractivity contribution is 0.454. The third-order valence-corrected chi connectivity index (χ3v) is 13.4. The van der Waals surface area contributed by atoms with Crippen molar-refractivity contribution >= 4 is 7.05 Å². The van der Waals surface area contributed by atoms with Gasteiger partial charge in [0, 0.05) is 6.20 Å². The number of nitrogens with zero attached hydrogens (tertiary/aromatic N) is 2. The Morgan fingerprint density at radius 3 is 1.59 bits per heavy atom. The molecular formula is C24H39N2P. The van der Waals surface area contributed by atoms with Gasteiger partial charge in [-0.3, -0.25) is 9.73 Å². The Morgan fingerprint density at radius 2 is 1.19 bits per heavy atom. The van der Waals surface area contributed by atoms with E-state index in [1.54, 1.807) is 0 Å². The largest absolute Gasteiger partial charge is 0.296 e. The van der Waals surface area contributed by atoms with Crippen LogP contribution in [-0.4, -0.2) is 22.0 Å². The fourth-order valence-electron chi connectivity index (χ4n) is 6.41. The maximum atomic E-state index is 5.85. The molecule has 3 aliphatic carbocycles. The smallest absolute Gasteiger partial charge is 0.0797 e. The van der Waals surface area contributed by atoms with Crippen molar-refractivity contribution < 1.29 is 0 Å². The van der Waals surface area contributed by atoms with Gasteiger partial charge >= 0.3 is 0 Å². The molecule has 150 valence electrons. The van der Waals surface area contributed by atoms with Crippen molar-refractivity contribution in [3.05, 3.63) is 30.1 Å². The molecule has 1 aromatic heterocycles. The average molecular weight is 387 g/mol. The molecule has 27 heavy (non-hydrogen) atoms. The SMILES string of the molecule is c1ccc(CN=P(C2CCCCC2)(C2CCCCC2)C2CCCCC2)nc1. The van der Waals surface area contributed by atoms with E-state index in [0.29, 0.717) is 0 Å². The van der Waals surface area contributed by atoms with E-state index in [0.717, 1.165) is 23.5 Å². The summed E-state index contributed by atoms with van der Waals surface area (Å²) in [7, 11) is -1.30. The Bertz CT molecular complexity index is 556. The van der Waals surface area contributed by atoms with E-state index >= 15 is 0 Å². The molecule has 3 heteroatoms. The minimum atomic E-state index is -1.30. The van der Waals surface area contributed by atoms with E-state index in [1.165, 1.54) is 102 Å². The number of hydrogen-bond donors (Lipinski definition) is 0. The van der Waals surface area contributed by atoms with Crippen LogP contribution in [0.2, 0.25) is 0 Å². The van der Waals surface area contributed by atoms with Crippen LogP contribution in [0.3, 0.4) is 0 Å². The van der Waals surface area contributed by atoms with Gasteiger partial charge in [-0.1, -0.05) is 63.9 Å². The summed E-state index contributed by atoms with van der Waals surface area (Å²) in [5, 5.41) is 0. The predicted molar refractivity (Wildman–Crippen MR) is 118 cm³/mol. The molecule has 0 radical (unpaired) electrons. The van der Waals surface area contributed by atoms with Crippen LogP contribution in [0.25, 0.3) is 0 Å². The van der Waals surface area contributed by atoms with E-state index in [4.69, 9.17) is 4.74 Å². The van der Waals surface area contributed by atoms with Gasteiger partial charge in [-0.15, -0.1) is 0 Å². The van der Waals surface area contributed by atoms with Gasteiger partial charge in [0.15, 0.2) is 0 Å². The van der Waals surface area contributed by atoms with E-state index in [1.807, 2.05) is 12.3 Å². The maximum Gasteiger partial charge on any atom is 0.0797 e. The highest BCUT2D eigenvalue weighted by molar-refractivity contribution is 7.68. The van der Waals surface area contributed by atoms with Crippen LogP contribution in [0.4, 0.5) is 0 Å². The third kappa shape index (κ3) is 4.52. The number of hydrogen-bond acceptors (Lipinski definition) is 2. The summed E-state index contributed by atoms with van der Waals surface area (Å²) in [6.45, 7) is 0.887. The highest BCUT2D eigenvalue weighted by atomic mass is 31.2. The van der Waals surface area contributed by atoms with Crippen molar-refractivity contribution in [2.45, 2.75) is 120 Å². The lowest BCUT2D eigenvalue weighted by atomic mass is 9.99. The first-order valence-electron chi connectivity index (χ1n) is 11.9. The molecule has 3 fully saturated rings. The van der Waals surface area contributed by atoms with Crippen molar-refractivity contribution in [1.82, 2.24) is 4.98 Å². The topological polar surface area (TPSA) is 25.2 Å². The fraction of sp³-hybridized carbons (Fsp3) is 0.792. The van der Waals surface area contributed by atoms with Crippen LogP contribution < -0.4 is 0 Å². The molecule has 3 aliphatic rings. The molecule has 0 aliphatic heterocycles. The Morgan fingerprint density at radius 1 is 0.704 bits per heavy atom. The predicted octanol–water partition coefficient (Wildman–Crippen LogP) is 7.78. The molecule has 2 nitrogen and oxygen atoms in total. The highest BCUT2D eigenvalue weighted by Gasteiger charge is 2.44. The highest BCUT2D eigenvalue weighted by Crippen LogP contribution is 2.70. The van der Waals surface area contributed by atoms with Crippen molar-refractivity contribution in [2.75, 3.05) is 0 Å². The summed E-state index contributed by atoms with van der Waals surface area (Å²) < 4.78 is 5.85. The van der Waals surface area contributed by atoms with Crippen LogP contribution in [0.1, 0.15) is 102 Å². The van der Waals surface area contributed by atoms with E-state index in [9.17, 15) is 0 Å². The lowest BCUT2D eigenvalue weighted by Crippen LogP contribution is -2.31. The number of pyridine rings is 1. The zero-order valence-corrected chi connectivity index (χ0v) is 18.1. The van der Waals surface area contributed by atoms with E-state index < -0.39 is 7.05 Å². The molecule has 0 spiro atoms. The maximum absolute atomic E-state index is 5.85. The van der Waals surface area contributed by atoms with Crippen LogP contribution in [-0.2, 0) is 6.54 Å². The van der Waals surface area contributed by atoms with E-state index in [-0.39, 0.29) is 0 Å². The monoisotopic (exact) mass is 386 g/mol. The van der Waals surface area contributed by atoms with Crippen LogP contribution in [0.15, 0.2) is 29.1 Å². The van der Waals surface area contributed by atoms with Gasteiger partial charge in [0.1, 0.15) is 0 Å². The van der Waals surface area contributed by atoms with Crippen LogP contribution >= 0.6 is 7.05 Å². The standard InChI is InChI=1S/C24H39N2P/c1-4-13-22(14-5-1)27(23-15-6-2-7-16-23,24-17-8-3-9-18-24)26-20-21-12-10-11-19-25-21/h10-12,19,22-24H,1-9,13-18,20H2. The Kier molecular flexibility index (Phi) is 7.09. The number of rotatable bonds is 5. The minimum absolute atomic E-state index is 0.887. The first-order valence-corrected chi connectivity index (χ1v) is 13.8. The summed E-state index contributed by atoms with van der Waals surface area (Å²) in [6, 6.07) is 6.37. The minimum Gasteiger partial charge on any atom is -0.296 e. The lowest BCUT2D eigenvalue weighted by Gasteiger charge is -2.48. The van der Waals surface area contributed by atoms with Crippen molar-refractivity contribution in [3.63, 3.8) is 0 Å². The zero-order valence-electron chi connectivity index (χ0n) is 17.2. The van der Waals surface area contributed by atoms with Gasteiger partial charge < -0.3 is 0 Å². The summed E-state index contributed by atoms with van der Waals surface area (Å²) in [6.07, 6.45) is 24.0. The van der Waals surface area contributed by atoms with Crippen molar-refractivity contribution in [3.8, 4) is 0 Å². The van der Waals surface area contributed by atoms with Crippen molar-refractivity contribution in [2.24, 2.45) is 4.74 Å². The summed E-state index contributed by atoms with van der Waals surface area (Å²) >= 11 is 0. The molecule has 0 aromatic carbocycles. The average Bonchev–Trinajstić information content (AvgIpc) is 2.77. The quantitative estimate of drug-likeness (QED) is 0.474. The molecule has 1 aromatic rings. The normalized spacial score (nSPS) is 24.0. The molecule has 0 bridgehead atoms. The second-order valence-corrected chi connectivity index (χ2v) is 13.4. The molecule has 4 rings (SSSR count). The Balaban J connectivity index is 1.73. The molecular weight excluding hydrogens is 347 g/mol. The van der Waals surface area contributed by atoms with Gasteiger partial charge in [-0.2, -0.15) is 0 Å². The van der Waals surface area contributed by atoms with Crippen molar-refractivity contribution in [1.29, 1.82) is 0 Å².